The van der Waals surface area contributed by atoms with Crippen LogP contribution in [0, 0.1) is 11.8 Å². The molecule has 3 atom stereocenters. The Balaban J connectivity index is 2.69. The van der Waals surface area contributed by atoms with Gasteiger partial charge in [-0.3, -0.25) is 9.59 Å². The van der Waals surface area contributed by atoms with Crippen LogP contribution in [-0.4, -0.2) is 35.8 Å². The number of allylic oxidation sites excluding steroid dienone is 5. The normalized spacial score (nSPS) is 22.7. The first-order valence-corrected chi connectivity index (χ1v) is 8.05. The molecule has 128 valence electrons. The van der Waals surface area contributed by atoms with E-state index in [0.717, 1.165) is 0 Å². The summed E-state index contributed by atoms with van der Waals surface area (Å²) in [4.78, 5) is 26.0. The predicted molar refractivity (Wildman–Crippen MR) is 90.3 cm³/mol. The minimum absolute atomic E-state index is 0.0868. The molecule has 0 aromatic carbocycles. The summed E-state index contributed by atoms with van der Waals surface area (Å²) in [6.45, 7) is 7.75. The molecule has 0 aromatic rings. The number of carbonyl (C=O) groups is 2. The van der Waals surface area contributed by atoms with Gasteiger partial charge in [0.1, 0.15) is 6.04 Å². The number of nitrogens with one attached hydrogen (secondary N) is 1. The molecule has 1 N–H and O–H groups in total. The summed E-state index contributed by atoms with van der Waals surface area (Å²) in [5.74, 6) is -0.472. The van der Waals surface area contributed by atoms with Gasteiger partial charge in [-0.05, 0) is 32.1 Å². The zero-order valence-electron chi connectivity index (χ0n) is 14.4. The molecule has 4 nitrogen and oxygen atoms in total. The highest BCUT2D eigenvalue weighted by atomic mass is 19.1. The topological polar surface area (TPSA) is 49.4 Å². The van der Waals surface area contributed by atoms with E-state index in [1.807, 2.05) is 45.1 Å². The Morgan fingerprint density at radius 3 is 2.65 bits per heavy atom. The maximum atomic E-state index is 12.9. The molecule has 1 fully saturated rings. The van der Waals surface area contributed by atoms with Crippen molar-refractivity contribution in [1.82, 2.24) is 10.2 Å². The van der Waals surface area contributed by atoms with Crippen molar-refractivity contribution in [3.63, 3.8) is 0 Å². The number of piperazine rings is 1. The Kier molecular flexibility index (Phi) is 7.72. The molecule has 0 aliphatic carbocycles. The van der Waals surface area contributed by atoms with E-state index in [-0.39, 0.29) is 36.0 Å². The van der Waals surface area contributed by atoms with E-state index in [0.29, 0.717) is 13.0 Å². The smallest absolute Gasteiger partial charge is 0.245 e. The van der Waals surface area contributed by atoms with Crippen LogP contribution < -0.4 is 5.32 Å². The molecule has 0 aromatic heterocycles. The minimum Gasteiger partial charge on any atom is -0.343 e. The van der Waals surface area contributed by atoms with Crippen LogP contribution >= 0.6 is 0 Å². The molecule has 1 aliphatic rings. The Labute approximate surface area is 138 Å². The third-order valence-electron chi connectivity index (χ3n) is 3.65. The Morgan fingerprint density at radius 1 is 1.35 bits per heavy atom. The molecule has 1 rings (SSSR count). The molecule has 0 saturated carbocycles. The summed E-state index contributed by atoms with van der Waals surface area (Å²) < 4.78 is 12.9. The average molecular weight is 322 g/mol. The first-order chi connectivity index (χ1) is 10.8. The summed E-state index contributed by atoms with van der Waals surface area (Å²) in [5.41, 5.74) is 0. The van der Waals surface area contributed by atoms with Crippen molar-refractivity contribution in [1.29, 1.82) is 0 Å². The predicted octanol–water partition coefficient (Wildman–Crippen LogP) is 2.98. The van der Waals surface area contributed by atoms with Crippen LogP contribution in [0.25, 0.3) is 0 Å². The molecule has 5 heteroatoms. The molecular weight excluding hydrogens is 295 g/mol. The second-order valence-corrected chi connectivity index (χ2v) is 6.19. The lowest BCUT2D eigenvalue weighted by molar-refractivity contribution is -0.145. The second-order valence-electron chi connectivity index (χ2n) is 6.19. The number of carbonyl (C=O) groups excluding carboxylic acids is 2. The number of rotatable bonds is 7. The fourth-order valence-corrected chi connectivity index (χ4v) is 2.69. The third kappa shape index (κ3) is 6.80. The number of hydrogen-bond acceptors (Lipinski definition) is 2. The molecule has 0 radical (unpaired) electrons. The van der Waals surface area contributed by atoms with Crippen LogP contribution in [0.1, 0.15) is 34.1 Å². The monoisotopic (exact) mass is 322 g/mol. The lowest BCUT2D eigenvalue weighted by Gasteiger charge is -2.34. The van der Waals surface area contributed by atoms with E-state index in [2.05, 4.69) is 5.32 Å². The molecule has 0 spiro atoms. The third-order valence-corrected chi connectivity index (χ3v) is 3.65. The molecule has 1 aliphatic heterocycles. The maximum absolute atomic E-state index is 12.9. The van der Waals surface area contributed by atoms with Crippen LogP contribution in [0.3, 0.4) is 0 Å². The van der Waals surface area contributed by atoms with Gasteiger partial charge in [0.05, 0.1) is 12.4 Å². The van der Waals surface area contributed by atoms with Crippen LogP contribution in [0.5, 0.6) is 0 Å². The van der Waals surface area contributed by atoms with Gasteiger partial charge in [-0.25, -0.2) is 4.39 Å². The summed E-state index contributed by atoms with van der Waals surface area (Å²) in [7, 11) is 0. The van der Waals surface area contributed by atoms with Crippen LogP contribution in [0.4, 0.5) is 4.39 Å². The van der Waals surface area contributed by atoms with Crippen LogP contribution in [0.2, 0.25) is 0 Å². The van der Waals surface area contributed by atoms with Crippen molar-refractivity contribution in [3.8, 4) is 0 Å². The number of halogens is 1. The average Bonchev–Trinajstić information content (AvgIpc) is 2.43. The standard InChI is InChI=1S/C18H27FN2O2/c1-5-6-7-8-13(2)11-21-12-17(22)20-16(18(21)23)10-14(3)9-15(4)19/h5-9,13-14,16H,10-12H2,1-4H3,(H,20,22)/b6-5-,8-7-,15-9+/t13?,14?,16-/m1/s1. The van der Waals surface area contributed by atoms with E-state index < -0.39 is 6.04 Å². The number of amides is 2. The zero-order chi connectivity index (χ0) is 17.4. The second kappa shape index (κ2) is 9.28. The molecule has 2 unspecified atom stereocenters. The highest BCUT2D eigenvalue weighted by molar-refractivity contribution is 5.94. The van der Waals surface area contributed by atoms with Crippen molar-refractivity contribution in [2.45, 2.75) is 40.2 Å². The Hall–Kier alpha value is -1.91. The van der Waals surface area contributed by atoms with E-state index in [1.165, 1.54) is 13.0 Å². The Morgan fingerprint density at radius 2 is 2.04 bits per heavy atom. The molecule has 0 bridgehead atoms. The van der Waals surface area contributed by atoms with E-state index in [9.17, 15) is 14.0 Å². The minimum atomic E-state index is -0.575. The van der Waals surface area contributed by atoms with Gasteiger partial charge in [0, 0.05) is 6.54 Å². The van der Waals surface area contributed by atoms with Crippen molar-refractivity contribution in [2.75, 3.05) is 13.1 Å². The summed E-state index contributed by atoms with van der Waals surface area (Å²) in [6, 6.07) is -0.575. The van der Waals surface area contributed by atoms with Gasteiger partial charge < -0.3 is 10.2 Å². The molecule has 1 heterocycles. The zero-order valence-corrected chi connectivity index (χ0v) is 14.4. The van der Waals surface area contributed by atoms with Gasteiger partial charge >= 0.3 is 0 Å². The largest absolute Gasteiger partial charge is 0.343 e. The lowest BCUT2D eigenvalue weighted by atomic mass is 9.98. The van der Waals surface area contributed by atoms with Gasteiger partial charge in [-0.1, -0.05) is 44.2 Å². The molecule has 23 heavy (non-hydrogen) atoms. The van der Waals surface area contributed by atoms with Gasteiger partial charge in [0.15, 0.2) is 0 Å². The van der Waals surface area contributed by atoms with E-state index >= 15 is 0 Å². The first kappa shape index (κ1) is 19.1. The fraction of sp³-hybridized carbons (Fsp3) is 0.556. The van der Waals surface area contributed by atoms with Gasteiger partial charge in [-0.15, -0.1) is 0 Å². The number of hydrogen-bond donors (Lipinski definition) is 1. The maximum Gasteiger partial charge on any atom is 0.245 e. The lowest BCUT2D eigenvalue weighted by Crippen LogP contribution is -2.58. The van der Waals surface area contributed by atoms with E-state index in [1.54, 1.807) is 4.90 Å². The fourth-order valence-electron chi connectivity index (χ4n) is 2.69. The molecular formula is C18H27FN2O2. The van der Waals surface area contributed by atoms with Gasteiger partial charge in [0.25, 0.3) is 0 Å². The van der Waals surface area contributed by atoms with Gasteiger partial charge in [0.2, 0.25) is 11.8 Å². The summed E-state index contributed by atoms with van der Waals surface area (Å²) in [5, 5.41) is 2.71. The first-order valence-electron chi connectivity index (χ1n) is 8.05. The quantitative estimate of drug-likeness (QED) is 0.733. The summed E-state index contributed by atoms with van der Waals surface area (Å²) in [6.07, 6.45) is 9.68. The highest BCUT2D eigenvalue weighted by Crippen LogP contribution is 2.16. The van der Waals surface area contributed by atoms with Gasteiger partial charge in [-0.2, -0.15) is 0 Å². The van der Waals surface area contributed by atoms with Crippen LogP contribution in [-0.2, 0) is 9.59 Å². The number of nitrogens with zero attached hydrogens (tertiary/aromatic N) is 1. The van der Waals surface area contributed by atoms with Crippen molar-refractivity contribution < 1.29 is 14.0 Å². The van der Waals surface area contributed by atoms with Crippen molar-refractivity contribution in [2.24, 2.45) is 11.8 Å². The van der Waals surface area contributed by atoms with Crippen molar-refractivity contribution >= 4 is 11.8 Å². The molecule has 1 saturated heterocycles. The highest BCUT2D eigenvalue weighted by Gasteiger charge is 2.33. The Bertz CT molecular complexity index is 507. The van der Waals surface area contributed by atoms with E-state index in [4.69, 9.17) is 0 Å². The SMILES string of the molecule is C/C=C\C=C/C(C)CN1CC(=O)N[C@H](CC(C)/C=C(\C)F)C1=O. The molecule has 2 amide bonds. The van der Waals surface area contributed by atoms with Crippen molar-refractivity contribution in [3.05, 3.63) is 36.2 Å². The van der Waals surface area contributed by atoms with Crippen LogP contribution in [0.15, 0.2) is 36.2 Å². The summed E-state index contributed by atoms with van der Waals surface area (Å²) >= 11 is 0.